The summed E-state index contributed by atoms with van der Waals surface area (Å²) in [5.74, 6) is 0.362. The molecule has 7 heteroatoms. The summed E-state index contributed by atoms with van der Waals surface area (Å²) in [6, 6.07) is 0.884. The lowest BCUT2D eigenvalue weighted by Gasteiger charge is -2.37. The van der Waals surface area contributed by atoms with Gasteiger partial charge < -0.3 is 20.7 Å². The highest BCUT2D eigenvalue weighted by Gasteiger charge is 2.45. The predicted molar refractivity (Wildman–Crippen MR) is 94.7 cm³/mol. The molecule has 1 aromatic rings. The quantitative estimate of drug-likeness (QED) is 0.848. The van der Waals surface area contributed by atoms with E-state index in [9.17, 15) is 4.79 Å². The summed E-state index contributed by atoms with van der Waals surface area (Å²) >= 11 is 0. The van der Waals surface area contributed by atoms with Gasteiger partial charge in [0.2, 0.25) is 5.82 Å². The first kappa shape index (κ1) is 16.7. The number of aryl methyl sites for hydroxylation is 1. The van der Waals surface area contributed by atoms with E-state index in [0.717, 1.165) is 49.6 Å². The number of nitrogens with zero attached hydrogens (tertiary/aromatic N) is 3. The predicted octanol–water partition coefficient (Wildman–Crippen LogP) is 1.07. The number of amides is 1. The molecular weight excluding hydrogens is 318 g/mol. The van der Waals surface area contributed by atoms with Crippen molar-refractivity contribution in [2.45, 2.75) is 63.6 Å². The molecule has 3 heterocycles. The molecule has 2 saturated heterocycles. The van der Waals surface area contributed by atoms with E-state index in [1.54, 1.807) is 0 Å². The Morgan fingerprint density at radius 2 is 2.12 bits per heavy atom. The van der Waals surface area contributed by atoms with Gasteiger partial charge in [0.25, 0.3) is 5.91 Å². The second-order valence-electron chi connectivity index (χ2n) is 7.79. The fourth-order valence-corrected chi connectivity index (χ4v) is 4.32. The number of ether oxygens (including phenoxy) is 1. The van der Waals surface area contributed by atoms with E-state index in [-0.39, 0.29) is 11.4 Å². The molecule has 2 atom stereocenters. The molecule has 4 rings (SSSR count). The average Bonchev–Trinajstić information content (AvgIpc) is 3.17. The van der Waals surface area contributed by atoms with Gasteiger partial charge in [-0.2, -0.15) is 0 Å². The maximum atomic E-state index is 11.5. The highest BCUT2D eigenvalue weighted by atomic mass is 16.5. The SMILES string of the molecule is Cc1nc(C(N)=O)nc(N2CC[C@@H](NC3COC4(CCC4)C3)C2)c1C. The zero-order chi connectivity index (χ0) is 17.6. The van der Waals surface area contributed by atoms with Crippen LogP contribution >= 0.6 is 0 Å². The van der Waals surface area contributed by atoms with Crippen molar-refractivity contribution < 1.29 is 9.53 Å². The van der Waals surface area contributed by atoms with Crippen LogP contribution in [0.25, 0.3) is 0 Å². The summed E-state index contributed by atoms with van der Waals surface area (Å²) in [6.45, 7) is 6.53. The van der Waals surface area contributed by atoms with Gasteiger partial charge in [0.05, 0.1) is 12.2 Å². The molecule has 0 aromatic carbocycles. The zero-order valence-corrected chi connectivity index (χ0v) is 15.0. The molecule has 1 saturated carbocycles. The van der Waals surface area contributed by atoms with Crippen LogP contribution in [0.15, 0.2) is 0 Å². The van der Waals surface area contributed by atoms with Gasteiger partial charge in [-0.1, -0.05) is 0 Å². The number of carbonyl (C=O) groups excluding carboxylic acids is 1. The lowest BCUT2D eigenvalue weighted by Crippen LogP contribution is -2.42. The zero-order valence-electron chi connectivity index (χ0n) is 15.0. The topological polar surface area (TPSA) is 93.4 Å². The molecule has 1 aromatic heterocycles. The number of hydrogen-bond acceptors (Lipinski definition) is 6. The highest BCUT2D eigenvalue weighted by molar-refractivity contribution is 5.89. The van der Waals surface area contributed by atoms with Crippen molar-refractivity contribution in [1.29, 1.82) is 0 Å². The van der Waals surface area contributed by atoms with Crippen molar-refractivity contribution in [2.24, 2.45) is 5.73 Å². The summed E-state index contributed by atoms with van der Waals surface area (Å²) in [5.41, 5.74) is 7.39. The lowest BCUT2D eigenvalue weighted by atomic mass is 9.77. The van der Waals surface area contributed by atoms with E-state index in [0.29, 0.717) is 12.1 Å². The van der Waals surface area contributed by atoms with Crippen molar-refractivity contribution in [3.8, 4) is 0 Å². The fraction of sp³-hybridized carbons (Fsp3) is 0.722. The summed E-state index contributed by atoms with van der Waals surface area (Å²) in [4.78, 5) is 22.3. The smallest absolute Gasteiger partial charge is 0.286 e. The Morgan fingerprint density at radius 1 is 1.32 bits per heavy atom. The third-order valence-electron chi connectivity index (χ3n) is 6.02. The minimum Gasteiger partial charge on any atom is -0.373 e. The van der Waals surface area contributed by atoms with Crippen molar-refractivity contribution in [2.75, 3.05) is 24.6 Å². The molecule has 0 radical (unpaired) electrons. The van der Waals surface area contributed by atoms with Gasteiger partial charge in [-0.3, -0.25) is 4.79 Å². The molecule has 3 fully saturated rings. The summed E-state index contributed by atoms with van der Waals surface area (Å²) in [6.07, 6.45) is 5.95. The highest BCUT2D eigenvalue weighted by Crippen LogP contribution is 2.43. The molecule has 3 N–H and O–H groups in total. The van der Waals surface area contributed by atoms with Gasteiger partial charge in [0.1, 0.15) is 5.82 Å². The molecule has 7 nitrogen and oxygen atoms in total. The standard InChI is InChI=1S/C18H27N5O2/c1-11-12(2)20-16(15(19)24)22-17(11)23-7-4-13(9-23)21-14-8-18(25-10-14)5-3-6-18/h13-14,21H,3-10H2,1-2H3,(H2,19,24)/t13-,14?/m1/s1. The van der Waals surface area contributed by atoms with Gasteiger partial charge in [0, 0.05) is 36.4 Å². The first-order valence-corrected chi connectivity index (χ1v) is 9.26. The summed E-state index contributed by atoms with van der Waals surface area (Å²) in [7, 11) is 0. The molecular formula is C18H27N5O2. The van der Waals surface area contributed by atoms with Crippen LogP contribution in [0.2, 0.25) is 0 Å². The number of anilines is 1. The Bertz CT molecular complexity index is 688. The Balaban J connectivity index is 1.41. The number of aromatic nitrogens is 2. The van der Waals surface area contributed by atoms with Crippen LogP contribution in [0.4, 0.5) is 5.82 Å². The van der Waals surface area contributed by atoms with Crippen LogP contribution in [0, 0.1) is 13.8 Å². The second-order valence-corrected chi connectivity index (χ2v) is 7.79. The molecule has 1 spiro atoms. The van der Waals surface area contributed by atoms with Crippen LogP contribution in [0.3, 0.4) is 0 Å². The van der Waals surface area contributed by atoms with E-state index >= 15 is 0 Å². The largest absolute Gasteiger partial charge is 0.373 e. The van der Waals surface area contributed by atoms with Gasteiger partial charge in [0.15, 0.2) is 0 Å². The number of carbonyl (C=O) groups is 1. The monoisotopic (exact) mass is 345 g/mol. The molecule has 136 valence electrons. The van der Waals surface area contributed by atoms with Gasteiger partial charge in [-0.15, -0.1) is 0 Å². The van der Waals surface area contributed by atoms with Crippen molar-refractivity contribution in [1.82, 2.24) is 15.3 Å². The third-order valence-corrected chi connectivity index (χ3v) is 6.02. The maximum absolute atomic E-state index is 11.5. The number of rotatable bonds is 4. The molecule has 0 bridgehead atoms. The van der Waals surface area contributed by atoms with Crippen LogP contribution in [0.5, 0.6) is 0 Å². The number of primary amides is 1. The van der Waals surface area contributed by atoms with E-state index in [4.69, 9.17) is 10.5 Å². The van der Waals surface area contributed by atoms with E-state index in [1.165, 1.54) is 19.3 Å². The van der Waals surface area contributed by atoms with Crippen molar-refractivity contribution >= 4 is 11.7 Å². The van der Waals surface area contributed by atoms with Gasteiger partial charge in [-0.25, -0.2) is 9.97 Å². The van der Waals surface area contributed by atoms with Crippen LogP contribution < -0.4 is 16.0 Å². The van der Waals surface area contributed by atoms with Crippen LogP contribution in [0.1, 0.15) is 54.0 Å². The van der Waals surface area contributed by atoms with Crippen LogP contribution in [-0.4, -0.2) is 53.3 Å². The minimum atomic E-state index is -0.577. The number of hydrogen-bond donors (Lipinski definition) is 2. The van der Waals surface area contributed by atoms with Crippen molar-refractivity contribution in [3.05, 3.63) is 17.1 Å². The second kappa shape index (κ2) is 6.21. The van der Waals surface area contributed by atoms with E-state index < -0.39 is 5.91 Å². The van der Waals surface area contributed by atoms with E-state index in [1.807, 2.05) is 13.8 Å². The molecule has 3 aliphatic rings. The Hall–Kier alpha value is -1.73. The fourth-order valence-electron chi connectivity index (χ4n) is 4.32. The molecule has 1 amide bonds. The van der Waals surface area contributed by atoms with Crippen LogP contribution in [-0.2, 0) is 4.74 Å². The lowest BCUT2D eigenvalue weighted by molar-refractivity contribution is -0.0563. The third kappa shape index (κ3) is 3.11. The molecule has 1 aliphatic carbocycles. The molecule has 25 heavy (non-hydrogen) atoms. The Morgan fingerprint density at radius 3 is 2.76 bits per heavy atom. The van der Waals surface area contributed by atoms with E-state index in [2.05, 4.69) is 20.2 Å². The van der Waals surface area contributed by atoms with Crippen molar-refractivity contribution in [3.63, 3.8) is 0 Å². The minimum absolute atomic E-state index is 0.102. The summed E-state index contributed by atoms with van der Waals surface area (Å²) < 4.78 is 6.04. The van der Waals surface area contributed by atoms with Gasteiger partial charge >= 0.3 is 0 Å². The maximum Gasteiger partial charge on any atom is 0.286 e. The first-order valence-electron chi connectivity index (χ1n) is 9.26. The number of nitrogens with one attached hydrogen (secondary N) is 1. The van der Waals surface area contributed by atoms with Gasteiger partial charge in [-0.05, 0) is 46.0 Å². The number of nitrogens with two attached hydrogens (primary N) is 1. The molecule has 1 unspecified atom stereocenters. The first-order chi connectivity index (χ1) is 12.0. The average molecular weight is 345 g/mol. The molecule has 2 aliphatic heterocycles. The summed E-state index contributed by atoms with van der Waals surface area (Å²) in [5, 5.41) is 3.77. The normalized spacial score (nSPS) is 27.7. The Kier molecular flexibility index (Phi) is 4.16. The Labute approximate surface area is 148 Å².